The molecule has 0 aliphatic carbocycles. The molecule has 5 nitrogen and oxygen atoms in total. The summed E-state index contributed by atoms with van der Waals surface area (Å²) in [6.45, 7) is 2.17. The van der Waals surface area contributed by atoms with Gasteiger partial charge < -0.3 is 19.5 Å². The lowest BCUT2D eigenvalue weighted by Crippen LogP contribution is -2.32. The summed E-state index contributed by atoms with van der Waals surface area (Å²) in [4.78, 5) is 11.8. The van der Waals surface area contributed by atoms with E-state index in [0.29, 0.717) is 19.8 Å². The van der Waals surface area contributed by atoms with E-state index < -0.39 is 0 Å². The molecule has 1 fully saturated rings. The van der Waals surface area contributed by atoms with Crippen molar-refractivity contribution in [2.45, 2.75) is 12.8 Å². The van der Waals surface area contributed by atoms with Crippen LogP contribution >= 0.6 is 0 Å². The number of fused-ring (bicyclic) bond motifs is 1. The summed E-state index contributed by atoms with van der Waals surface area (Å²) in [5.74, 6) is 1.69. The molecule has 19 heavy (non-hydrogen) atoms. The molecule has 102 valence electrons. The Morgan fingerprint density at radius 2 is 2.21 bits per heavy atom. The SMILES string of the molecule is O=C(NCCc1ccc2c(c1)OCO2)[C@H]1CCOC1. The van der Waals surface area contributed by atoms with Crippen LogP contribution in [0.15, 0.2) is 18.2 Å². The van der Waals surface area contributed by atoms with E-state index in [1.165, 1.54) is 0 Å². The van der Waals surface area contributed by atoms with Crippen molar-refractivity contribution in [1.82, 2.24) is 5.32 Å². The molecule has 0 spiro atoms. The molecule has 2 heterocycles. The zero-order valence-electron chi connectivity index (χ0n) is 10.7. The highest BCUT2D eigenvalue weighted by Crippen LogP contribution is 2.32. The molecule has 0 bridgehead atoms. The van der Waals surface area contributed by atoms with Gasteiger partial charge in [0, 0.05) is 13.2 Å². The Labute approximate surface area is 111 Å². The third-order valence-electron chi connectivity index (χ3n) is 3.45. The third-order valence-corrected chi connectivity index (χ3v) is 3.45. The van der Waals surface area contributed by atoms with Crippen molar-refractivity contribution >= 4 is 5.91 Å². The number of carbonyl (C=O) groups is 1. The van der Waals surface area contributed by atoms with E-state index in [4.69, 9.17) is 14.2 Å². The Kier molecular flexibility index (Phi) is 3.55. The highest BCUT2D eigenvalue weighted by Gasteiger charge is 2.22. The zero-order chi connectivity index (χ0) is 13.1. The van der Waals surface area contributed by atoms with Crippen molar-refractivity contribution < 1.29 is 19.0 Å². The molecule has 0 saturated carbocycles. The Morgan fingerprint density at radius 1 is 1.32 bits per heavy atom. The fourth-order valence-electron chi connectivity index (χ4n) is 2.31. The van der Waals surface area contributed by atoms with Crippen LogP contribution < -0.4 is 14.8 Å². The molecule has 1 saturated heterocycles. The van der Waals surface area contributed by atoms with Gasteiger partial charge in [0.25, 0.3) is 0 Å². The number of hydrogen-bond donors (Lipinski definition) is 1. The van der Waals surface area contributed by atoms with Gasteiger partial charge in [-0.1, -0.05) is 6.07 Å². The fraction of sp³-hybridized carbons (Fsp3) is 0.500. The lowest BCUT2D eigenvalue weighted by Gasteiger charge is -2.09. The minimum Gasteiger partial charge on any atom is -0.454 e. The van der Waals surface area contributed by atoms with Gasteiger partial charge in [-0.15, -0.1) is 0 Å². The first-order valence-electron chi connectivity index (χ1n) is 6.57. The molecule has 1 N–H and O–H groups in total. The van der Waals surface area contributed by atoms with Crippen molar-refractivity contribution in [2.75, 3.05) is 26.6 Å². The summed E-state index contributed by atoms with van der Waals surface area (Å²) >= 11 is 0. The highest BCUT2D eigenvalue weighted by molar-refractivity contribution is 5.78. The van der Waals surface area contributed by atoms with Crippen LogP contribution in [0.5, 0.6) is 11.5 Å². The summed E-state index contributed by atoms with van der Waals surface area (Å²) in [6, 6.07) is 5.87. The predicted octanol–water partition coefficient (Wildman–Crippen LogP) is 1.11. The molecule has 2 aliphatic heterocycles. The van der Waals surface area contributed by atoms with Crippen LogP contribution in [0.1, 0.15) is 12.0 Å². The second kappa shape index (κ2) is 5.48. The molecule has 0 aromatic heterocycles. The van der Waals surface area contributed by atoms with Crippen LogP contribution in [-0.2, 0) is 16.0 Å². The monoisotopic (exact) mass is 263 g/mol. The zero-order valence-corrected chi connectivity index (χ0v) is 10.7. The van der Waals surface area contributed by atoms with Crippen LogP contribution in [0.25, 0.3) is 0 Å². The van der Waals surface area contributed by atoms with E-state index in [9.17, 15) is 4.79 Å². The van der Waals surface area contributed by atoms with E-state index in [0.717, 1.165) is 29.9 Å². The Morgan fingerprint density at radius 3 is 3.05 bits per heavy atom. The second-order valence-electron chi connectivity index (χ2n) is 4.79. The summed E-state index contributed by atoms with van der Waals surface area (Å²) in [5, 5.41) is 2.95. The van der Waals surface area contributed by atoms with Crippen LogP contribution in [0.4, 0.5) is 0 Å². The molecule has 1 aromatic rings. The van der Waals surface area contributed by atoms with Gasteiger partial charge in [0.05, 0.1) is 12.5 Å². The minimum atomic E-state index is 0.0248. The van der Waals surface area contributed by atoms with E-state index in [2.05, 4.69) is 5.32 Å². The molecular weight excluding hydrogens is 246 g/mol. The maximum absolute atomic E-state index is 11.8. The number of carbonyl (C=O) groups excluding carboxylic acids is 1. The average molecular weight is 263 g/mol. The Hall–Kier alpha value is -1.75. The maximum atomic E-state index is 11.8. The van der Waals surface area contributed by atoms with Crippen LogP contribution in [0.3, 0.4) is 0 Å². The van der Waals surface area contributed by atoms with Gasteiger partial charge in [0.2, 0.25) is 12.7 Å². The van der Waals surface area contributed by atoms with Crippen molar-refractivity contribution in [2.24, 2.45) is 5.92 Å². The first kappa shape index (κ1) is 12.3. The van der Waals surface area contributed by atoms with Gasteiger partial charge in [-0.05, 0) is 30.5 Å². The van der Waals surface area contributed by atoms with Crippen LogP contribution in [0.2, 0.25) is 0 Å². The summed E-state index contributed by atoms with van der Waals surface area (Å²) in [6.07, 6.45) is 1.62. The van der Waals surface area contributed by atoms with Crippen LogP contribution in [-0.4, -0.2) is 32.5 Å². The standard InChI is InChI=1S/C14H17NO4/c16-14(11-4-6-17-8-11)15-5-3-10-1-2-12-13(7-10)19-9-18-12/h1-2,7,11H,3-6,8-9H2,(H,15,16)/t11-/m0/s1. The first-order valence-corrected chi connectivity index (χ1v) is 6.57. The smallest absolute Gasteiger partial charge is 0.231 e. The summed E-state index contributed by atoms with van der Waals surface area (Å²) in [5.41, 5.74) is 1.13. The second-order valence-corrected chi connectivity index (χ2v) is 4.79. The number of benzene rings is 1. The molecule has 1 amide bonds. The number of hydrogen-bond acceptors (Lipinski definition) is 4. The Balaban J connectivity index is 1.48. The van der Waals surface area contributed by atoms with Crippen molar-refractivity contribution in [1.29, 1.82) is 0 Å². The molecule has 1 atom stereocenters. The quantitative estimate of drug-likeness (QED) is 0.884. The molecule has 0 radical (unpaired) electrons. The summed E-state index contributed by atoms with van der Waals surface area (Å²) in [7, 11) is 0. The van der Waals surface area contributed by atoms with Gasteiger partial charge in [0.1, 0.15) is 0 Å². The normalized spacial score (nSPS) is 20.5. The number of amides is 1. The van der Waals surface area contributed by atoms with Gasteiger partial charge >= 0.3 is 0 Å². The highest BCUT2D eigenvalue weighted by atomic mass is 16.7. The minimum absolute atomic E-state index is 0.0248. The molecular formula is C14H17NO4. The van der Waals surface area contributed by atoms with Gasteiger partial charge in [-0.25, -0.2) is 0 Å². The van der Waals surface area contributed by atoms with Crippen molar-refractivity contribution in [3.63, 3.8) is 0 Å². The van der Waals surface area contributed by atoms with E-state index in [1.807, 2.05) is 18.2 Å². The first-order chi connectivity index (χ1) is 9.33. The molecule has 5 heteroatoms. The number of nitrogens with one attached hydrogen (secondary N) is 1. The van der Waals surface area contributed by atoms with Crippen molar-refractivity contribution in [3.05, 3.63) is 23.8 Å². The topological polar surface area (TPSA) is 56.8 Å². The lowest BCUT2D eigenvalue weighted by atomic mass is 10.1. The van der Waals surface area contributed by atoms with Gasteiger partial charge in [-0.3, -0.25) is 4.79 Å². The molecule has 3 rings (SSSR count). The maximum Gasteiger partial charge on any atom is 0.231 e. The average Bonchev–Trinajstić information content (AvgIpc) is 3.09. The molecule has 1 aromatic carbocycles. The number of ether oxygens (including phenoxy) is 3. The third kappa shape index (κ3) is 2.81. The van der Waals surface area contributed by atoms with E-state index in [1.54, 1.807) is 0 Å². The van der Waals surface area contributed by atoms with Gasteiger partial charge in [0.15, 0.2) is 11.5 Å². The van der Waals surface area contributed by atoms with Crippen molar-refractivity contribution in [3.8, 4) is 11.5 Å². The van der Waals surface area contributed by atoms with E-state index >= 15 is 0 Å². The Bertz CT molecular complexity index is 469. The fourth-order valence-corrected chi connectivity index (χ4v) is 2.31. The predicted molar refractivity (Wildman–Crippen MR) is 68.2 cm³/mol. The molecule has 0 unspecified atom stereocenters. The molecule has 2 aliphatic rings. The summed E-state index contributed by atoms with van der Waals surface area (Å²) < 4.78 is 15.8. The number of rotatable bonds is 4. The van der Waals surface area contributed by atoms with E-state index in [-0.39, 0.29) is 18.6 Å². The van der Waals surface area contributed by atoms with Crippen LogP contribution in [0, 0.1) is 5.92 Å². The van der Waals surface area contributed by atoms with Gasteiger partial charge in [-0.2, -0.15) is 0 Å². The largest absolute Gasteiger partial charge is 0.454 e. The lowest BCUT2D eigenvalue weighted by molar-refractivity contribution is -0.124.